The van der Waals surface area contributed by atoms with E-state index >= 15 is 0 Å². The van der Waals surface area contributed by atoms with Gasteiger partial charge in [-0.1, -0.05) is 38.1 Å². The topological polar surface area (TPSA) is 165 Å². The minimum atomic E-state index is -5.14. The summed E-state index contributed by atoms with van der Waals surface area (Å²) in [6.07, 6.45) is 2.21. The van der Waals surface area contributed by atoms with Crippen LogP contribution in [-0.2, 0) is 20.3 Å². The summed E-state index contributed by atoms with van der Waals surface area (Å²) in [5, 5.41) is 19.9. The lowest BCUT2D eigenvalue weighted by Crippen LogP contribution is -2.15. The van der Waals surface area contributed by atoms with Crippen molar-refractivity contribution in [2.24, 2.45) is 0 Å². The van der Waals surface area contributed by atoms with Gasteiger partial charge in [-0.25, -0.2) is 0 Å². The number of aromatic hydroxyl groups is 2. The van der Waals surface area contributed by atoms with E-state index in [9.17, 15) is 19.3 Å². The van der Waals surface area contributed by atoms with Gasteiger partial charge in [-0.05, 0) is 72.4 Å². The van der Waals surface area contributed by atoms with E-state index in [0.29, 0.717) is 12.0 Å². The van der Waals surface area contributed by atoms with E-state index in [0.717, 1.165) is 24.0 Å². The van der Waals surface area contributed by atoms with Crippen LogP contribution in [0.5, 0.6) is 11.5 Å². The highest BCUT2D eigenvalue weighted by Crippen LogP contribution is 2.60. The first kappa shape index (κ1) is 27.5. The molecule has 0 aliphatic heterocycles. The Labute approximate surface area is 193 Å². The molecule has 0 saturated carbocycles. The van der Waals surface area contributed by atoms with Gasteiger partial charge in [-0.15, -0.1) is 0 Å². The highest BCUT2D eigenvalue weighted by molar-refractivity contribution is 7.70. The molecule has 2 aromatic carbocycles. The molecule has 2 atom stereocenters. The Morgan fingerprint density at radius 3 is 1.85 bits per heavy atom. The second kappa shape index (κ2) is 11.6. The number of benzene rings is 2. The first-order valence-corrected chi connectivity index (χ1v) is 14.1. The molecule has 0 aliphatic carbocycles. The van der Waals surface area contributed by atoms with Gasteiger partial charge in [0.1, 0.15) is 11.5 Å². The lowest BCUT2D eigenvalue weighted by atomic mass is 9.78. The number of hydrogen-bond donors (Lipinski definition) is 6. The zero-order chi connectivity index (χ0) is 24.8. The second-order valence-electron chi connectivity index (χ2n) is 7.99. The molecule has 0 heterocycles. The summed E-state index contributed by atoms with van der Waals surface area (Å²) in [4.78, 5) is 36.5. The minimum absolute atomic E-state index is 0.0628. The first-order valence-electron chi connectivity index (χ1n) is 10.7. The molecule has 0 bridgehead atoms. The van der Waals surface area contributed by atoms with Crippen LogP contribution in [0.15, 0.2) is 42.5 Å². The molecule has 0 saturated heterocycles. The van der Waals surface area contributed by atoms with Gasteiger partial charge in [0.15, 0.2) is 0 Å². The van der Waals surface area contributed by atoms with Crippen LogP contribution in [0, 0.1) is 0 Å². The van der Waals surface area contributed by atoms with Crippen LogP contribution in [0.3, 0.4) is 0 Å². The molecule has 0 fully saturated rings. The van der Waals surface area contributed by atoms with Crippen LogP contribution in [0.2, 0.25) is 0 Å². The Morgan fingerprint density at radius 1 is 0.818 bits per heavy atom. The molecule has 2 unspecified atom stereocenters. The summed E-state index contributed by atoms with van der Waals surface area (Å²) >= 11 is 0. The minimum Gasteiger partial charge on any atom is -0.508 e. The predicted molar refractivity (Wildman–Crippen MR) is 124 cm³/mol. The number of ether oxygens (including phenoxy) is 1. The van der Waals surface area contributed by atoms with Crippen molar-refractivity contribution in [2.45, 2.75) is 57.0 Å². The van der Waals surface area contributed by atoms with Crippen molar-refractivity contribution in [1.29, 1.82) is 0 Å². The molecule has 2 rings (SSSR count). The van der Waals surface area contributed by atoms with Crippen molar-refractivity contribution >= 4 is 15.2 Å². The number of phenols is 2. The predicted octanol–water partition coefficient (Wildman–Crippen LogP) is 4.37. The maximum atomic E-state index is 11.3. The lowest BCUT2D eigenvalue weighted by molar-refractivity contribution is 0.110. The van der Waals surface area contributed by atoms with Crippen LogP contribution < -0.4 is 0 Å². The monoisotopic (exact) mass is 502 g/mol. The van der Waals surface area contributed by atoms with Crippen LogP contribution in [0.1, 0.15) is 61.6 Å². The maximum Gasteiger partial charge on any atom is 0.366 e. The largest absolute Gasteiger partial charge is 0.508 e. The number of phenolic OH excluding ortho intramolecular Hbond substituents is 2. The third-order valence-corrected chi connectivity index (χ3v) is 8.91. The molecular weight excluding hydrogens is 470 g/mol. The van der Waals surface area contributed by atoms with Crippen molar-refractivity contribution in [1.82, 2.24) is 0 Å². The van der Waals surface area contributed by atoms with E-state index in [-0.39, 0.29) is 36.4 Å². The Hall–Kier alpha value is -1.70. The molecule has 2 aromatic rings. The van der Waals surface area contributed by atoms with Gasteiger partial charge in [0, 0.05) is 6.61 Å². The molecule has 184 valence electrons. The molecule has 6 N–H and O–H groups in total. The molecule has 0 radical (unpaired) electrons. The smallest absolute Gasteiger partial charge is 0.366 e. The summed E-state index contributed by atoms with van der Waals surface area (Å²) in [5.74, 6) is 0.621. The van der Waals surface area contributed by atoms with Gasteiger partial charge in [-0.3, -0.25) is 9.13 Å². The number of aryl methyl sites for hydroxylation is 1. The highest BCUT2D eigenvalue weighted by atomic mass is 31.2. The average Bonchev–Trinajstić information content (AvgIpc) is 2.72. The SMILES string of the molecule is CCC(c1ccc(O)cc1)C(CC)c1ccc(O)c(CCCOC(P(=O)(O)O)P(=O)(O)O)c1. The lowest BCUT2D eigenvalue weighted by Gasteiger charge is -2.27. The van der Waals surface area contributed by atoms with Crippen molar-refractivity contribution in [2.75, 3.05) is 6.61 Å². The standard InChI is InChI=1S/C22H32O9P2/c1-3-19(15-7-10-18(23)11-8-15)20(4-2)16-9-12-21(24)17(14-16)6-5-13-31-22(32(25,26)27)33(28,29)30/h7-12,14,19-20,22-24H,3-6,13H2,1-2H3,(H2,25,26,27)(H2,28,29,30). The first-order chi connectivity index (χ1) is 15.4. The molecular formula is C22H32O9P2. The van der Waals surface area contributed by atoms with Gasteiger partial charge in [0.2, 0.25) is 0 Å². The molecule has 11 heteroatoms. The molecule has 0 aliphatic rings. The van der Waals surface area contributed by atoms with E-state index in [4.69, 9.17) is 24.3 Å². The third-order valence-electron chi connectivity index (χ3n) is 5.65. The fraction of sp³-hybridized carbons (Fsp3) is 0.455. The van der Waals surface area contributed by atoms with Gasteiger partial charge in [0.25, 0.3) is 5.59 Å². The number of rotatable bonds is 12. The summed E-state index contributed by atoms with van der Waals surface area (Å²) in [5.41, 5.74) is 0.240. The molecule has 9 nitrogen and oxygen atoms in total. The van der Waals surface area contributed by atoms with Gasteiger partial charge >= 0.3 is 15.2 Å². The van der Waals surface area contributed by atoms with E-state index in [1.165, 1.54) is 0 Å². The van der Waals surface area contributed by atoms with Gasteiger partial charge in [0.05, 0.1) is 0 Å². The maximum absolute atomic E-state index is 11.3. The van der Waals surface area contributed by atoms with E-state index < -0.39 is 20.8 Å². The van der Waals surface area contributed by atoms with Crippen molar-refractivity contribution in [3.63, 3.8) is 0 Å². The second-order valence-corrected chi connectivity index (χ2v) is 11.7. The van der Waals surface area contributed by atoms with Crippen molar-refractivity contribution in [3.05, 3.63) is 59.2 Å². The van der Waals surface area contributed by atoms with Crippen LogP contribution in [0.25, 0.3) is 0 Å². The average molecular weight is 502 g/mol. The van der Waals surface area contributed by atoms with Gasteiger partial charge < -0.3 is 34.5 Å². The molecule has 0 amide bonds. The van der Waals surface area contributed by atoms with E-state index in [2.05, 4.69) is 13.8 Å². The Balaban J connectivity index is 2.15. The zero-order valence-electron chi connectivity index (χ0n) is 18.6. The zero-order valence-corrected chi connectivity index (χ0v) is 20.4. The van der Waals surface area contributed by atoms with Crippen LogP contribution in [-0.4, -0.2) is 42.0 Å². The van der Waals surface area contributed by atoms with Crippen LogP contribution >= 0.6 is 15.2 Å². The van der Waals surface area contributed by atoms with Gasteiger partial charge in [-0.2, -0.15) is 0 Å². The third kappa shape index (κ3) is 7.66. The Bertz CT molecular complexity index is 975. The summed E-state index contributed by atoms with van der Waals surface area (Å²) in [6.45, 7) is 3.88. The fourth-order valence-corrected chi connectivity index (χ4v) is 6.27. The van der Waals surface area contributed by atoms with Crippen LogP contribution in [0.4, 0.5) is 0 Å². The van der Waals surface area contributed by atoms with E-state index in [1.54, 1.807) is 18.2 Å². The van der Waals surface area contributed by atoms with Crippen molar-refractivity contribution < 1.29 is 43.7 Å². The Kier molecular flexibility index (Phi) is 9.70. The number of hydrogen-bond acceptors (Lipinski definition) is 5. The quantitative estimate of drug-likeness (QED) is 0.183. The molecule has 33 heavy (non-hydrogen) atoms. The summed E-state index contributed by atoms with van der Waals surface area (Å²) < 4.78 is 27.4. The highest BCUT2D eigenvalue weighted by Gasteiger charge is 2.44. The summed E-state index contributed by atoms with van der Waals surface area (Å²) in [6, 6.07) is 12.5. The summed E-state index contributed by atoms with van der Waals surface area (Å²) in [7, 11) is -10.3. The van der Waals surface area contributed by atoms with E-state index in [1.807, 2.05) is 24.3 Å². The molecule has 0 spiro atoms. The Morgan fingerprint density at radius 2 is 1.33 bits per heavy atom. The molecule has 0 aromatic heterocycles. The normalized spacial score (nSPS) is 14.4. The fourth-order valence-electron chi connectivity index (χ4n) is 4.10. The van der Waals surface area contributed by atoms with Crippen molar-refractivity contribution in [3.8, 4) is 11.5 Å².